The van der Waals surface area contributed by atoms with Crippen LogP contribution >= 0.6 is 46.8 Å². The Bertz CT molecular complexity index is 477. The Kier molecular flexibility index (Phi) is 5.81. The molecule has 4 nitrogen and oxygen atoms in total. The Morgan fingerprint density at radius 1 is 1.50 bits per heavy atom. The first-order chi connectivity index (χ1) is 7.72. The topological polar surface area (TPSA) is 39.9 Å². The third-order valence-corrected chi connectivity index (χ3v) is 2.95. The highest BCUT2D eigenvalue weighted by Crippen LogP contribution is 2.24. The number of fused-ring (bicyclic) bond motifs is 1. The zero-order valence-corrected chi connectivity index (χ0v) is 12.8. The minimum absolute atomic E-state index is 0.242. The molecule has 2 heterocycles. The van der Waals surface area contributed by atoms with Crippen molar-refractivity contribution in [2.24, 2.45) is 0 Å². The summed E-state index contributed by atoms with van der Waals surface area (Å²) in [5.74, 6) is 0. The molecule has 0 aliphatic rings. The second kappa shape index (κ2) is 6.63. The first-order valence-electron chi connectivity index (χ1n) is 4.68. The molecule has 0 atom stereocenters. The third-order valence-electron chi connectivity index (χ3n) is 1.79. The quantitative estimate of drug-likeness (QED) is 0.451. The second-order valence-corrected chi connectivity index (χ2v) is 4.74. The van der Waals surface area contributed by atoms with Gasteiger partial charge >= 0.3 is 0 Å². The van der Waals surface area contributed by atoms with Gasteiger partial charge in [0.1, 0.15) is 35.2 Å². The summed E-state index contributed by atoms with van der Waals surface area (Å²) in [6.45, 7) is 5.99. The van der Waals surface area contributed by atoms with Crippen LogP contribution in [0.4, 0.5) is 0 Å². The van der Waals surface area contributed by atoms with Gasteiger partial charge in [-0.3, -0.25) is 3.97 Å². The van der Waals surface area contributed by atoms with Crippen molar-refractivity contribution in [3.05, 3.63) is 23.2 Å². The van der Waals surface area contributed by atoms with Crippen molar-refractivity contribution in [1.82, 2.24) is 13.9 Å². The molecule has 0 radical (unpaired) electrons. The Balaban J connectivity index is 0.000000606. The van der Waals surface area contributed by atoms with Crippen LogP contribution in [0.3, 0.4) is 0 Å². The molecule has 88 valence electrons. The zero-order chi connectivity index (χ0) is 12.1. The first-order valence-corrected chi connectivity index (χ1v) is 6.64. The van der Waals surface area contributed by atoms with E-state index < -0.39 is 0 Å². The lowest BCUT2D eigenvalue weighted by Crippen LogP contribution is -1.88. The van der Waals surface area contributed by atoms with Crippen LogP contribution in [0.5, 0.6) is 0 Å². The van der Waals surface area contributed by atoms with E-state index in [1.165, 1.54) is 12.2 Å². The van der Waals surface area contributed by atoms with E-state index in [0.717, 1.165) is 16.6 Å². The molecule has 0 spiro atoms. The van der Waals surface area contributed by atoms with E-state index in [4.69, 9.17) is 14.1 Å². The zero-order valence-electron chi connectivity index (χ0n) is 9.07. The van der Waals surface area contributed by atoms with E-state index in [1.54, 1.807) is 6.20 Å². The van der Waals surface area contributed by atoms with Gasteiger partial charge in [0, 0.05) is 17.8 Å². The minimum Gasteiger partial charge on any atom is -0.250 e. The average molecular weight is 372 g/mol. The fourth-order valence-electron chi connectivity index (χ4n) is 1.19. The van der Waals surface area contributed by atoms with Crippen LogP contribution in [0.2, 0.25) is 5.28 Å². The number of hydrogen-bond acceptors (Lipinski definition) is 4. The number of halogens is 2. The van der Waals surface area contributed by atoms with Crippen LogP contribution in [0, 0.1) is 6.92 Å². The van der Waals surface area contributed by atoms with Gasteiger partial charge in [-0.1, -0.05) is 13.8 Å². The van der Waals surface area contributed by atoms with E-state index in [2.05, 4.69) is 9.97 Å². The lowest BCUT2D eigenvalue weighted by molar-refractivity contribution is 0.830. The fraction of sp³-hybridized carbons (Fsp3) is 0.333. The summed E-state index contributed by atoms with van der Waals surface area (Å²) in [6, 6.07) is 0. The van der Waals surface area contributed by atoms with Gasteiger partial charge in [-0.05, 0) is 24.1 Å². The van der Waals surface area contributed by atoms with Crippen molar-refractivity contribution in [3.63, 3.8) is 0 Å². The highest BCUT2D eigenvalue weighted by molar-refractivity contribution is 14.1. The number of aryl methyl sites for hydroxylation is 1. The lowest BCUT2D eigenvalue weighted by Gasteiger charge is -1.97. The van der Waals surface area contributed by atoms with Crippen LogP contribution in [-0.2, 0) is 2.51 Å². The SMILES string of the molecule is CC.Cc1cn(SOI)c2nc(Cl)ncc12. The van der Waals surface area contributed by atoms with Crippen molar-refractivity contribution in [1.29, 1.82) is 0 Å². The molecule has 0 aliphatic carbocycles. The van der Waals surface area contributed by atoms with E-state index in [9.17, 15) is 0 Å². The van der Waals surface area contributed by atoms with Crippen LogP contribution in [0.15, 0.2) is 12.4 Å². The molecular formula is C9H11ClIN3OS. The molecule has 0 bridgehead atoms. The first kappa shape index (κ1) is 14.0. The van der Waals surface area contributed by atoms with Gasteiger partial charge < -0.3 is 0 Å². The Hall–Kier alpha value is -0.0500. The number of aromatic nitrogens is 3. The summed E-state index contributed by atoms with van der Waals surface area (Å²) in [6.07, 6.45) is 3.64. The van der Waals surface area contributed by atoms with Gasteiger partial charge in [0.05, 0.1) is 0 Å². The molecule has 0 N–H and O–H groups in total. The molecule has 2 aromatic heterocycles. The smallest absolute Gasteiger partial charge is 0.224 e. The molecule has 0 fully saturated rings. The molecular weight excluding hydrogens is 361 g/mol. The molecule has 2 aromatic rings. The van der Waals surface area contributed by atoms with E-state index in [1.807, 2.05) is 53.9 Å². The highest BCUT2D eigenvalue weighted by Gasteiger charge is 2.08. The fourth-order valence-corrected chi connectivity index (χ4v) is 2.31. The third kappa shape index (κ3) is 2.99. The lowest BCUT2D eigenvalue weighted by atomic mass is 10.3. The molecule has 0 amide bonds. The number of hydrogen-bond donors (Lipinski definition) is 0. The van der Waals surface area contributed by atoms with Crippen molar-refractivity contribution in [2.75, 3.05) is 0 Å². The normalized spacial score (nSPS) is 10.1. The summed E-state index contributed by atoms with van der Waals surface area (Å²) < 4.78 is 6.75. The van der Waals surface area contributed by atoms with Crippen LogP contribution in [0.25, 0.3) is 11.0 Å². The van der Waals surface area contributed by atoms with Gasteiger partial charge in [0.15, 0.2) is 5.65 Å². The summed E-state index contributed by atoms with van der Waals surface area (Å²) in [5, 5.41) is 1.22. The minimum atomic E-state index is 0.242. The predicted molar refractivity (Wildman–Crippen MR) is 76.7 cm³/mol. The highest BCUT2D eigenvalue weighted by atomic mass is 127. The molecule has 0 saturated carbocycles. The van der Waals surface area contributed by atoms with Crippen molar-refractivity contribution in [2.45, 2.75) is 20.8 Å². The van der Waals surface area contributed by atoms with Crippen molar-refractivity contribution < 1.29 is 2.51 Å². The predicted octanol–water partition coefficient (Wildman–Crippen LogP) is 4.20. The monoisotopic (exact) mass is 371 g/mol. The van der Waals surface area contributed by atoms with Gasteiger partial charge in [-0.25, -0.2) is 7.50 Å². The molecule has 7 heteroatoms. The molecule has 0 saturated heterocycles. The van der Waals surface area contributed by atoms with Gasteiger partial charge in [0.2, 0.25) is 5.28 Å². The van der Waals surface area contributed by atoms with E-state index in [-0.39, 0.29) is 5.28 Å². The summed E-state index contributed by atoms with van der Waals surface area (Å²) >= 11 is 8.71. The van der Waals surface area contributed by atoms with Crippen LogP contribution in [0.1, 0.15) is 19.4 Å². The molecule has 16 heavy (non-hydrogen) atoms. The Labute approximate surface area is 118 Å². The number of nitrogens with zero attached hydrogens (tertiary/aromatic N) is 3. The molecule has 0 unspecified atom stereocenters. The van der Waals surface area contributed by atoms with Crippen molar-refractivity contribution in [3.8, 4) is 0 Å². The average Bonchev–Trinajstić information content (AvgIpc) is 2.59. The Morgan fingerprint density at radius 2 is 2.19 bits per heavy atom. The summed E-state index contributed by atoms with van der Waals surface area (Å²) in [4.78, 5) is 8.06. The molecule has 0 aromatic carbocycles. The number of rotatable bonds is 2. The van der Waals surface area contributed by atoms with Gasteiger partial charge in [-0.2, -0.15) is 4.98 Å². The second-order valence-electron chi connectivity index (χ2n) is 2.65. The van der Waals surface area contributed by atoms with Crippen LogP contribution < -0.4 is 0 Å². The molecule has 2 rings (SSSR count). The van der Waals surface area contributed by atoms with E-state index >= 15 is 0 Å². The standard InChI is InChI=1S/C7H5ClIN3OS.C2H6/c1-4-3-12(14-13-9)6-5(4)2-10-7(8)11-6;1-2/h2-3H,1H3;1-2H3. The summed E-state index contributed by atoms with van der Waals surface area (Å²) in [5.41, 5.74) is 1.86. The Morgan fingerprint density at radius 3 is 2.81 bits per heavy atom. The van der Waals surface area contributed by atoms with Crippen molar-refractivity contribution >= 4 is 57.9 Å². The van der Waals surface area contributed by atoms with E-state index in [0.29, 0.717) is 0 Å². The molecule has 0 aliphatic heterocycles. The van der Waals surface area contributed by atoms with Gasteiger partial charge in [-0.15, -0.1) is 0 Å². The van der Waals surface area contributed by atoms with Crippen LogP contribution in [-0.4, -0.2) is 13.9 Å². The largest absolute Gasteiger partial charge is 0.250 e. The maximum absolute atomic E-state index is 5.71. The maximum atomic E-state index is 5.71. The van der Waals surface area contributed by atoms with Gasteiger partial charge in [0.25, 0.3) is 0 Å². The maximum Gasteiger partial charge on any atom is 0.224 e. The summed E-state index contributed by atoms with van der Waals surface area (Å²) in [7, 11) is 0.